The van der Waals surface area contributed by atoms with Gasteiger partial charge in [0.15, 0.2) is 6.61 Å². The maximum Gasteiger partial charge on any atom is 0.338 e. The topological polar surface area (TPSA) is 117 Å². The highest BCUT2D eigenvalue weighted by Gasteiger charge is 2.24. The van der Waals surface area contributed by atoms with Crippen LogP contribution in [0.2, 0.25) is 5.02 Å². The smallest absolute Gasteiger partial charge is 0.338 e. The number of sulfonamides is 1. The number of halogens is 1. The van der Waals surface area contributed by atoms with E-state index in [9.17, 15) is 18.0 Å². The van der Waals surface area contributed by atoms with Gasteiger partial charge in [-0.25, -0.2) is 13.2 Å². The van der Waals surface area contributed by atoms with Crippen molar-refractivity contribution in [2.75, 3.05) is 25.0 Å². The Labute approximate surface area is 186 Å². The van der Waals surface area contributed by atoms with E-state index in [1.165, 1.54) is 40.7 Å². The van der Waals surface area contributed by atoms with Crippen molar-refractivity contribution in [1.82, 2.24) is 4.31 Å². The van der Waals surface area contributed by atoms with Crippen molar-refractivity contribution in [3.05, 3.63) is 58.1 Å². The summed E-state index contributed by atoms with van der Waals surface area (Å²) in [6.45, 7) is 5.11. The Morgan fingerprint density at radius 1 is 1.16 bits per heavy atom. The number of hydrogen-bond acceptors (Lipinski definition) is 6. The molecule has 1 N–H and O–H groups in total. The highest BCUT2D eigenvalue weighted by molar-refractivity contribution is 7.89. The SMILES string of the molecule is CCN(CC)S(=O)(=O)c1ccc(C)c(C(=O)OCC(=O)Nc2ccc(C#N)c(Cl)c2)c1. The quantitative estimate of drug-likeness (QED) is 0.600. The highest BCUT2D eigenvalue weighted by atomic mass is 35.5. The summed E-state index contributed by atoms with van der Waals surface area (Å²) in [5.74, 6) is -1.43. The first-order chi connectivity index (χ1) is 14.6. The molecular formula is C21H22ClN3O5S. The van der Waals surface area contributed by atoms with E-state index in [-0.39, 0.29) is 21.0 Å². The summed E-state index contributed by atoms with van der Waals surface area (Å²) in [6.07, 6.45) is 0. The standard InChI is InChI=1S/C21H22ClN3O5S/c1-4-25(5-2)31(28,29)17-9-6-14(3)18(11-17)21(27)30-13-20(26)24-16-8-7-15(12-23)19(22)10-16/h6-11H,4-5,13H2,1-3H3,(H,24,26). The molecule has 1 amide bonds. The van der Waals surface area contributed by atoms with Gasteiger partial charge in [0, 0.05) is 18.8 Å². The maximum absolute atomic E-state index is 12.7. The summed E-state index contributed by atoms with van der Waals surface area (Å²) in [4.78, 5) is 24.6. The van der Waals surface area contributed by atoms with E-state index in [2.05, 4.69) is 5.32 Å². The van der Waals surface area contributed by atoms with Crippen molar-refractivity contribution in [2.45, 2.75) is 25.7 Å². The average Bonchev–Trinajstić information content (AvgIpc) is 2.73. The third-order valence-electron chi connectivity index (χ3n) is 4.48. The van der Waals surface area contributed by atoms with Crippen LogP contribution in [0.1, 0.15) is 35.3 Å². The zero-order valence-electron chi connectivity index (χ0n) is 17.3. The molecule has 2 aromatic rings. The Morgan fingerprint density at radius 3 is 2.42 bits per heavy atom. The van der Waals surface area contributed by atoms with E-state index >= 15 is 0 Å². The van der Waals surface area contributed by atoms with Gasteiger partial charge in [0.25, 0.3) is 5.91 Å². The van der Waals surface area contributed by atoms with Crippen LogP contribution in [-0.2, 0) is 19.6 Å². The number of amides is 1. The van der Waals surface area contributed by atoms with Crippen molar-refractivity contribution in [1.29, 1.82) is 5.26 Å². The van der Waals surface area contributed by atoms with E-state index in [1.807, 2.05) is 6.07 Å². The lowest BCUT2D eigenvalue weighted by Gasteiger charge is -2.19. The van der Waals surface area contributed by atoms with Gasteiger partial charge in [0.1, 0.15) is 6.07 Å². The number of carbonyl (C=O) groups excluding carboxylic acids is 2. The van der Waals surface area contributed by atoms with Crippen LogP contribution in [0.25, 0.3) is 0 Å². The van der Waals surface area contributed by atoms with Gasteiger partial charge in [0.05, 0.1) is 21.0 Å². The zero-order valence-corrected chi connectivity index (χ0v) is 18.9. The maximum atomic E-state index is 12.7. The fourth-order valence-electron chi connectivity index (χ4n) is 2.78. The van der Waals surface area contributed by atoms with E-state index in [4.69, 9.17) is 21.6 Å². The molecule has 0 atom stereocenters. The van der Waals surface area contributed by atoms with Crippen LogP contribution < -0.4 is 5.32 Å². The number of carbonyl (C=O) groups is 2. The second-order valence-corrected chi connectivity index (χ2v) is 8.84. The summed E-state index contributed by atoms with van der Waals surface area (Å²) in [7, 11) is -3.74. The van der Waals surface area contributed by atoms with Gasteiger partial charge in [0.2, 0.25) is 10.0 Å². The third-order valence-corrected chi connectivity index (χ3v) is 6.84. The summed E-state index contributed by atoms with van der Waals surface area (Å²) in [5, 5.41) is 11.6. The Morgan fingerprint density at radius 2 is 1.84 bits per heavy atom. The van der Waals surface area contributed by atoms with Crippen molar-refractivity contribution >= 4 is 39.2 Å². The fourth-order valence-corrected chi connectivity index (χ4v) is 4.49. The molecule has 0 saturated heterocycles. The molecule has 0 radical (unpaired) electrons. The minimum atomic E-state index is -3.74. The molecule has 0 bridgehead atoms. The lowest BCUT2D eigenvalue weighted by Crippen LogP contribution is -2.30. The number of nitrogens with one attached hydrogen (secondary N) is 1. The van der Waals surface area contributed by atoms with Crippen LogP contribution in [0, 0.1) is 18.3 Å². The number of anilines is 1. The Bertz CT molecular complexity index is 1140. The summed E-state index contributed by atoms with van der Waals surface area (Å²) >= 11 is 5.92. The molecule has 0 saturated carbocycles. The molecule has 0 unspecified atom stereocenters. The number of nitriles is 1. The van der Waals surface area contributed by atoms with Crippen LogP contribution in [-0.4, -0.2) is 44.3 Å². The molecular weight excluding hydrogens is 442 g/mol. The molecule has 8 nitrogen and oxygen atoms in total. The summed E-state index contributed by atoms with van der Waals surface area (Å²) in [6, 6.07) is 10.5. The summed E-state index contributed by atoms with van der Waals surface area (Å²) < 4.78 is 31.7. The number of nitrogens with zero attached hydrogens (tertiary/aromatic N) is 2. The van der Waals surface area contributed by atoms with Crippen molar-refractivity contribution in [2.24, 2.45) is 0 Å². The zero-order chi connectivity index (χ0) is 23.2. The van der Waals surface area contributed by atoms with E-state index < -0.39 is 28.5 Å². The highest BCUT2D eigenvalue weighted by Crippen LogP contribution is 2.21. The molecule has 0 aliphatic carbocycles. The third kappa shape index (κ3) is 5.82. The predicted molar refractivity (Wildman–Crippen MR) is 116 cm³/mol. The van der Waals surface area contributed by atoms with Gasteiger partial charge < -0.3 is 10.1 Å². The number of esters is 1. The van der Waals surface area contributed by atoms with Gasteiger partial charge in [-0.2, -0.15) is 9.57 Å². The minimum Gasteiger partial charge on any atom is -0.452 e. The molecule has 164 valence electrons. The van der Waals surface area contributed by atoms with Gasteiger partial charge in [-0.3, -0.25) is 4.79 Å². The average molecular weight is 464 g/mol. The number of rotatable bonds is 8. The van der Waals surface area contributed by atoms with Crippen LogP contribution in [0.4, 0.5) is 5.69 Å². The molecule has 10 heteroatoms. The first-order valence-electron chi connectivity index (χ1n) is 9.41. The van der Waals surface area contributed by atoms with Crippen molar-refractivity contribution < 1.29 is 22.7 Å². The Kier molecular flexibility index (Phi) is 8.16. The van der Waals surface area contributed by atoms with E-state index in [1.54, 1.807) is 20.8 Å². The van der Waals surface area contributed by atoms with Gasteiger partial charge in [-0.1, -0.05) is 31.5 Å². The normalized spacial score (nSPS) is 11.1. The van der Waals surface area contributed by atoms with Crippen LogP contribution in [0.3, 0.4) is 0 Å². The van der Waals surface area contributed by atoms with Crippen LogP contribution >= 0.6 is 11.6 Å². The second-order valence-electron chi connectivity index (χ2n) is 6.50. The molecule has 0 heterocycles. The van der Waals surface area contributed by atoms with Gasteiger partial charge in [-0.15, -0.1) is 0 Å². The molecule has 0 aliphatic heterocycles. The lowest BCUT2D eigenvalue weighted by atomic mass is 10.1. The number of hydrogen-bond donors (Lipinski definition) is 1. The largest absolute Gasteiger partial charge is 0.452 e. The Hall–Kier alpha value is -2.93. The van der Waals surface area contributed by atoms with E-state index in [0.717, 1.165) is 0 Å². The van der Waals surface area contributed by atoms with Crippen molar-refractivity contribution in [3.63, 3.8) is 0 Å². The molecule has 0 aliphatic rings. The lowest BCUT2D eigenvalue weighted by molar-refractivity contribution is -0.119. The molecule has 0 aromatic heterocycles. The molecule has 31 heavy (non-hydrogen) atoms. The van der Waals surface area contributed by atoms with Crippen molar-refractivity contribution in [3.8, 4) is 6.07 Å². The van der Waals surface area contributed by atoms with Crippen LogP contribution in [0.15, 0.2) is 41.3 Å². The minimum absolute atomic E-state index is 0.0228. The second kappa shape index (κ2) is 10.4. The number of aryl methyl sites for hydroxylation is 1. The van der Waals surface area contributed by atoms with E-state index in [0.29, 0.717) is 24.3 Å². The predicted octanol–water partition coefficient (Wildman–Crippen LogP) is 3.35. The molecule has 2 aromatic carbocycles. The first kappa shape index (κ1) is 24.3. The fraction of sp³-hybridized carbons (Fsp3) is 0.286. The molecule has 2 rings (SSSR count). The number of benzene rings is 2. The Balaban J connectivity index is 2.11. The number of ether oxygens (including phenoxy) is 1. The summed E-state index contributed by atoms with van der Waals surface area (Å²) in [5.41, 5.74) is 1.18. The molecule has 0 fully saturated rings. The van der Waals surface area contributed by atoms with Crippen LogP contribution in [0.5, 0.6) is 0 Å². The van der Waals surface area contributed by atoms with Gasteiger partial charge in [-0.05, 0) is 42.8 Å². The van der Waals surface area contributed by atoms with Gasteiger partial charge >= 0.3 is 5.97 Å². The first-order valence-corrected chi connectivity index (χ1v) is 11.2. The molecule has 0 spiro atoms. The monoisotopic (exact) mass is 463 g/mol.